The average molecular weight is 299 g/mol. The lowest BCUT2D eigenvalue weighted by atomic mass is 9.98. The monoisotopic (exact) mass is 298 g/mol. The van der Waals surface area contributed by atoms with Crippen LogP contribution < -0.4 is 5.73 Å². The molecule has 1 aliphatic heterocycles. The molecular formula is C13H19BrN2O. The molecule has 2 unspecified atom stereocenters. The second-order valence-electron chi connectivity index (χ2n) is 4.93. The van der Waals surface area contributed by atoms with Crippen LogP contribution in [0.15, 0.2) is 16.6 Å². The van der Waals surface area contributed by atoms with Gasteiger partial charge >= 0.3 is 0 Å². The lowest BCUT2D eigenvalue weighted by Gasteiger charge is -2.21. The minimum atomic E-state index is 0.278. The summed E-state index contributed by atoms with van der Waals surface area (Å²) < 4.78 is 0.805. The summed E-state index contributed by atoms with van der Waals surface area (Å²) in [7, 11) is 2.09. The number of aryl methyl sites for hydroxylation is 1. The summed E-state index contributed by atoms with van der Waals surface area (Å²) in [5.41, 5.74) is 7.79. The lowest BCUT2D eigenvalue weighted by molar-refractivity contribution is 0.305. The summed E-state index contributed by atoms with van der Waals surface area (Å²) in [5.74, 6) is 0.906. The molecule has 1 saturated heterocycles. The van der Waals surface area contributed by atoms with Crippen molar-refractivity contribution in [3.63, 3.8) is 0 Å². The number of nitrogens with two attached hydrogens (primary N) is 1. The maximum absolute atomic E-state index is 10.2. The Morgan fingerprint density at radius 2 is 2.24 bits per heavy atom. The number of benzene rings is 1. The number of hydrogen-bond acceptors (Lipinski definition) is 3. The molecule has 1 aromatic rings. The molecule has 17 heavy (non-hydrogen) atoms. The van der Waals surface area contributed by atoms with E-state index in [2.05, 4.69) is 27.9 Å². The number of nitrogens with zero attached hydrogens (tertiary/aromatic N) is 1. The molecule has 2 rings (SSSR count). The smallest absolute Gasteiger partial charge is 0.134 e. The standard InChI is InChI=1S/C13H19BrN2O/c1-8-3-4-10(13(17)12(8)14)11-5-9(6-15)7-16(11)2/h3-4,9,11,17H,5-7,15H2,1-2H3. The first-order valence-corrected chi connectivity index (χ1v) is 6.72. The predicted octanol–water partition coefficient (Wildman–Crippen LogP) is 2.41. The quantitative estimate of drug-likeness (QED) is 0.881. The molecule has 0 aliphatic carbocycles. The minimum absolute atomic E-state index is 0.278. The van der Waals surface area contributed by atoms with Gasteiger partial charge < -0.3 is 10.8 Å². The molecule has 3 nitrogen and oxygen atoms in total. The van der Waals surface area contributed by atoms with Gasteiger partial charge in [-0.1, -0.05) is 12.1 Å². The van der Waals surface area contributed by atoms with Gasteiger partial charge in [0.1, 0.15) is 5.75 Å². The van der Waals surface area contributed by atoms with Crippen LogP contribution in [0.25, 0.3) is 0 Å². The van der Waals surface area contributed by atoms with Crippen LogP contribution in [-0.2, 0) is 0 Å². The van der Waals surface area contributed by atoms with E-state index >= 15 is 0 Å². The van der Waals surface area contributed by atoms with E-state index in [4.69, 9.17) is 5.73 Å². The van der Waals surface area contributed by atoms with E-state index in [9.17, 15) is 5.11 Å². The fraction of sp³-hybridized carbons (Fsp3) is 0.538. The van der Waals surface area contributed by atoms with Gasteiger partial charge in [0.25, 0.3) is 0 Å². The first kappa shape index (κ1) is 12.9. The maximum atomic E-state index is 10.2. The molecule has 2 atom stereocenters. The zero-order valence-electron chi connectivity index (χ0n) is 10.3. The molecule has 0 aromatic heterocycles. The van der Waals surface area contributed by atoms with E-state index in [0.717, 1.165) is 28.6 Å². The third-order valence-corrected chi connectivity index (χ3v) is 4.67. The fourth-order valence-corrected chi connectivity index (χ4v) is 2.95. The Bertz CT molecular complexity index is 422. The summed E-state index contributed by atoms with van der Waals surface area (Å²) in [4.78, 5) is 2.27. The largest absolute Gasteiger partial charge is 0.506 e. The van der Waals surface area contributed by atoms with Gasteiger partial charge in [0.2, 0.25) is 0 Å². The van der Waals surface area contributed by atoms with Crippen molar-refractivity contribution in [1.29, 1.82) is 0 Å². The Morgan fingerprint density at radius 1 is 1.53 bits per heavy atom. The number of aromatic hydroxyl groups is 1. The van der Waals surface area contributed by atoms with Crippen molar-refractivity contribution < 1.29 is 5.11 Å². The van der Waals surface area contributed by atoms with Gasteiger partial charge in [-0.3, -0.25) is 4.90 Å². The van der Waals surface area contributed by atoms with Gasteiger partial charge in [0.05, 0.1) is 4.47 Å². The summed E-state index contributed by atoms with van der Waals surface area (Å²) in [6.45, 7) is 3.70. The third-order valence-electron chi connectivity index (χ3n) is 3.67. The van der Waals surface area contributed by atoms with Gasteiger partial charge in [0, 0.05) is 18.2 Å². The van der Waals surface area contributed by atoms with Gasteiger partial charge in [-0.05, 0) is 54.3 Å². The van der Waals surface area contributed by atoms with E-state index in [1.54, 1.807) is 0 Å². The molecule has 0 spiro atoms. The molecule has 1 fully saturated rings. The molecule has 0 bridgehead atoms. The first-order chi connectivity index (χ1) is 8.04. The van der Waals surface area contributed by atoms with Crippen molar-refractivity contribution in [3.05, 3.63) is 27.7 Å². The number of phenolic OH excluding ortho intramolecular Hbond substituents is 1. The minimum Gasteiger partial charge on any atom is -0.506 e. The Kier molecular flexibility index (Phi) is 3.76. The molecule has 94 valence electrons. The van der Waals surface area contributed by atoms with Gasteiger partial charge in [-0.15, -0.1) is 0 Å². The number of halogens is 1. The zero-order chi connectivity index (χ0) is 12.6. The van der Waals surface area contributed by atoms with Crippen molar-refractivity contribution >= 4 is 15.9 Å². The second-order valence-corrected chi connectivity index (χ2v) is 5.72. The highest BCUT2D eigenvalue weighted by Crippen LogP contribution is 2.41. The van der Waals surface area contributed by atoms with Crippen LogP contribution in [-0.4, -0.2) is 30.1 Å². The van der Waals surface area contributed by atoms with E-state index < -0.39 is 0 Å². The lowest BCUT2D eigenvalue weighted by Crippen LogP contribution is -2.20. The van der Waals surface area contributed by atoms with E-state index in [-0.39, 0.29) is 6.04 Å². The molecule has 3 N–H and O–H groups in total. The Labute approximate surface area is 111 Å². The van der Waals surface area contributed by atoms with Gasteiger partial charge in [-0.2, -0.15) is 0 Å². The van der Waals surface area contributed by atoms with Crippen molar-refractivity contribution in [3.8, 4) is 5.75 Å². The Balaban J connectivity index is 2.32. The summed E-state index contributed by atoms with van der Waals surface area (Å²) in [5, 5.41) is 10.2. The molecule has 1 heterocycles. The van der Waals surface area contributed by atoms with Gasteiger partial charge in [0.15, 0.2) is 0 Å². The van der Waals surface area contributed by atoms with Gasteiger partial charge in [-0.25, -0.2) is 0 Å². The van der Waals surface area contributed by atoms with E-state index in [0.29, 0.717) is 18.2 Å². The molecule has 0 amide bonds. The summed E-state index contributed by atoms with van der Waals surface area (Å²) >= 11 is 3.44. The third kappa shape index (κ3) is 2.34. The fourth-order valence-electron chi connectivity index (χ4n) is 2.59. The first-order valence-electron chi connectivity index (χ1n) is 5.92. The van der Waals surface area contributed by atoms with Crippen LogP contribution in [0, 0.1) is 12.8 Å². The van der Waals surface area contributed by atoms with Crippen molar-refractivity contribution in [1.82, 2.24) is 4.90 Å². The van der Waals surface area contributed by atoms with Crippen LogP contribution in [0.1, 0.15) is 23.6 Å². The molecular weight excluding hydrogens is 280 g/mol. The Hall–Kier alpha value is -0.580. The van der Waals surface area contributed by atoms with Crippen molar-refractivity contribution in [2.75, 3.05) is 20.1 Å². The zero-order valence-corrected chi connectivity index (χ0v) is 11.9. The molecule has 0 saturated carbocycles. The van der Waals surface area contributed by atoms with Crippen molar-refractivity contribution in [2.24, 2.45) is 11.7 Å². The topological polar surface area (TPSA) is 49.5 Å². The average Bonchev–Trinajstić information content (AvgIpc) is 2.68. The van der Waals surface area contributed by atoms with Crippen molar-refractivity contribution in [2.45, 2.75) is 19.4 Å². The van der Waals surface area contributed by atoms with Crippen LogP contribution in [0.2, 0.25) is 0 Å². The SMILES string of the molecule is Cc1ccc(C2CC(CN)CN2C)c(O)c1Br. The number of hydrogen-bond donors (Lipinski definition) is 2. The van der Waals surface area contributed by atoms with Crippen LogP contribution in [0.5, 0.6) is 5.75 Å². The maximum Gasteiger partial charge on any atom is 0.134 e. The number of rotatable bonds is 2. The van der Waals surface area contributed by atoms with Crippen LogP contribution >= 0.6 is 15.9 Å². The van der Waals surface area contributed by atoms with Crippen LogP contribution in [0.3, 0.4) is 0 Å². The molecule has 0 radical (unpaired) electrons. The highest BCUT2D eigenvalue weighted by Gasteiger charge is 2.31. The predicted molar refractivity (Wildman–Crippen MR) is 73.1 cm³/mol. The summed E-state index contributed by atoms with van der Waals surface area (Å²) in [6.07, 6.45) is 1.02. The second kappa shape index (κ2) is 4.96. The van der Waals surface area contributed by atoms with E-state index in [1.165, 1.54) is 0 Å². The summed E-state index contributed by atoms with van der Waals surface area (Å²) in [6, 6.07) is 4.35. The highest BCUT2D eigenvalue weighted by atomic mass is 79.9. The molecule has 4 heteroatoms. The number of likely N-dealkylation sites (tertiary alicyclic amines) is 1. The molecule has 1 aromatic carbocycles. The van der Waals surface area contributed by atoms with E-state index in [1.807, 2.05) is 19.1 Å². The Morgan fingerprint density at radius 3 is 2.82 bits per heavy atom. The highest BCUT2D eigenvalue weighted by molar-refractivity contribution is 9.10. The molecule has 1 aliphatic rings. The normalized spacial score (nSPS) is 25.4. The number of phenols is 1. The van der Waals surface area contributed by atoms with Crippen LogP contribution in [0.4, 0.5) is 0 Å².